The van der Waals surface area contributed by atoms with Gasteiger partial charge in [0.1, 0.15) is 5.69 Å². The van der Waals surface area contributed by atoms with E-state index in [4.69, 9.17) is 33.1 Å². The standard InChI is InChI=1S/C21H14Cl2N4O4.C2H4O2/c22-14-7-5-13(16(23)9-14)11-26-10-12(15-3-1-2-4-18(15)26)6-8-17-19(27(30)31)20(28)25-21(29)24-17;1-2(3)4/h1-10H,11H2,(H2,24,25,28,29);1H3,(H,3,4)/b8-6+;. The number of aromatic nitrogens is 3. The topological polar surface area (TPSA) is 151 Å². The van der Waals surface area contributed by atoms with Crippen LogP contribution in [0.5, 0.6) is 0 Å². The summed E-state index contributed by atoms with van der Waals surface area (Å²) in [5, 5.41) is 20.6. The molecule has 0 atom stereocenters. The number of carboxylic acid groups (broad SMARTS) is 1. The molecule has 0 bridgehead atoms. The normalized spacial score (nSPS) is 10.8. The van der Waals surface area contributed by atoms with Crippen LogP contribution in [0.1, 0.15) is 23.7 Å². The van der Waals surface area contributed by atoms with E-state index in [0.717, 1.165) is 29.0 Å². The molecular formula is C23H18Cl2N4O6. The fourth-order valence-electron chi connectivity index (χ4n) is 3.34. The average Bonchev–Trinajstić information content (AvgIpc) is 3.10. The van der Waals surface area contributed by atoms with Gasteiger partial charge in [0.15, 0.2) is 0 Å². The first-order chi connectivity index (χ1) is 16.6. The largest absolute Gasteiger partial charge is 0.481 e. The van der Waals surface area contributed by atoms with Gasteiger partial charge in [0, 0.05) is 46.2 Å². The van der Waals surface area contributed by atoms with Crippen molar-refractivity contribution in [3.8, 4) is 0 Å². The summed E-state index contributed by atoms with van der Waals surface area (Å²) in [4.78, 5) is 47.0. The maximum absolute atomic E-state index is 11.8. The summed E-state index contributed by atoms with van der Waals surface area (Å²) in [6.45, 7) is 1.56. The van der Waals surface area contributed by atoms with E-state index in [0.29, 0.717) is 16.6 Å². The molecule has 0 aliphatic heterocycles. The number of H-pyrrole nitrogens is 2. The van der Waals surface area contributed by atoms with Crippen LogP contribution in [0, 0.1) is 10.1 Å². The van der Waals surface area contributed by atoms with E-state index in [1.807, 2.05) is 46.1 Å². The van der Waals surface area contributed by atoms with Crippen molar-refractivity contribution in [2.45, 2.75) is 13.5 Å². The highest BCUT2D eigenvalue weighted by Crippen LogP contribution is 2.27. The van der Waals surface area contributed by atoms with Gasteiger partial charge >= 0.3 is 16.9 Å². The second-order valence-electron chi connectivity index (χ2n) is 7.25. The Kier molecular flexibility index (Phi) is 7.90. The summed E-state index contributed by atoms with van der Waals surface area (Å²) in [6, 6.07) is 12.9. The maximum atomic E-state index is 11.8. The lowest BCUT2D eigenvalue weighted by atomic mass is 10.1. The van der Waals surface area contributed by atoms with Crippen molar-refractivity contribution in [2.75, 3.05) is 0 Å². The van der Waals surface area contributed by atoms with Crippen LogP contribution in [0.3, 0.4) is 0 Å². The van der Waals surface area contributed by atoms with Crippen LogP contribution in [0.4, 0.5) is 5.69 Å². The van der Waals surface area contributed by atoms with E-state index < -0.39 is 27.8 Å². The van der Waals surface area contributed by atoms with Crippen LogP contribution in [0.2, 0.25) is 10.0 Å². The van der Waals surface area contributed by atoms with Crippen molar-refractivity contribution < 1.29 is 14.8 Å². The van der Waals surface area contributed by atoms with Gasteiger partial charge in [-0.05, 0) is 29.8 Å². The van der Waals surface area contributed by atoms with Crippen molar-refractivity contribution in [1.29, 1.82) is 0 Å². The molecule has 0 amide bonds. The first-order valence-electron chi connectivity index (χ1n) is 9.97. The molecule has 2 aromatic heterocycles. The number of nitrogens with zero attached hydrogens (tertiary/aromatic N) is 2. The molecule has 0 saturated carbocycles. The van der Waals surface area contributed by atoms with E-state index in [1.54, 1.807) is 18.2 Å². The molecule has 4 aromatic rings. The molecule has 0 aliphatic carbocycles. The van der Waals surface area contributed by atoms with E-state index in [1.165, 1.54) is 6.08 Å². The highest BCUT2D eigenvalue weighted by atomic mass is 35.5. The van der Waals surface area contributed by atoms with Crippen molar-refractivity contribution in [3.05, 3.63) is 106 Å². The van der Waals surface area contributed by atoms with Crippen LogP contribution < -0.4 is 11.2 Å². The second-order valence-corrected chi connectivity index (χ2v) is 8.09. The number of aromatic amines is 2. The number of nitrogens with one attached hydrogen (secondary N) is 2. The van der Waals surface area contributed by atoms with Gasteiger partial charge < -0.3 is 14.7 Å². The first kappa shape index (κ1) is 25.5. The molecule has 4 rings (SSSR count). The SMILES string of the molecule is CC(=O)O.O=c1[nH]c(/C=C/c2cn(Cc3ccc(Cl)cc3Cl)c3ccccc23)c([N+](=O)[O-])c(=O)[nH]1. The predicted molar refractivity (Wildman–Crippen MR) is 134 cm³/mol. The molecule has 0 spiro atoms. The highest BCUT2D eigenvalue weighted by Gasteiger charge is 2.19. The molecule has 2 heterocycles. The summed E-state index contributed by atoms with van der Waals surface area (Å²) in [5.74, 6) is -0.833. The van der Waals surface area contributed by atoms with Gasteiger partial charge in [-0.25, -0.2) is 4.79 Å². The molecule has 3 N–H and O–H groups in total. The minimum atomic E-state index is -1.06. The Bertz CT molecular complexity index is 1560. The van der Waals surface area contributed by atoms with Crippen molar-refractivity contribution >= 4 is 57.9 Å². The zero-order valence-corrected chi connectivity index (χ0v) is 19.6. The quantitative estimate of drug-likeness (QED) is 0.261. The molecule has 0 radical (unpaired) electrons. The summed E-state index contributed by atoms with van der Waals surface area (Å²) in [6.07, 6.45) is 4.82. The molecule has 0 aliphatic rings. The number of rotatable bonds is 5. The summed E-state index contributed by atoms with van der Waals surface area (Å²) >= 11 is 12.3. The Balaban J connectivity index is 0.000000795. The maximum Gasteiger partial charge on any atom is 0.357 e. The third kappa shape index (κ3) is 6.25. The zero-order chi connectivity index (χ0) is 25.7. The van der Waals surface area contributed by atoms with Crippen LogP contribution >= 0.6 is 23.2 Å². The average molecular weight is 517 g/mol. The molecule has 0 unspecified atom stereocenters. The van der Waals surface area contributed by atoms with E-state index in [9.17, 15) is 19.7 Å². The third-order valence-electron chi connectivity index (χ3n) is 4.73. The van der Waals surface area contributed by atoms with Gasteiger partial charge in [-0.2, -0.15) is 0 Å². The summed E-state index contributed by atoms with van der Waals surface area (Å²) < 4.78 is 1.99. The van der Waals surface area contributed by atoms with E-state index >= 15 is 0 Å². The van der Waals surface area contributed by atoms with Crippen LogP contribution in [-0.2, 0) is 11.3 Å². The van der Waals surface area contributed by atoms with Crippen molar-refractivity contribution in [3.63, 3.8) is 0 Å². The number of para-hydroxylation sites is 1. The summed E-state index contributed by atoms with van der Waals surface area (Å²) in [7, 11) is 0. The molecule has 35 heavy (non-hydrogen) atoms. The molecule has 0 fully saturated rings. The van der Waals surface area contributed by atoms with Crippen LogP contribution in [0.25, 0.3) is 23.1 Å². The smallest absolute Gasteiger partial charge is 0.357 e. The molecule has 10 nitrogen and oxygen atoms in total. The number of benzene rings is 2. The molecule has 12 heteroatoms. The fraction of sp³-hybridized carbons (Fsp3) is 0.0870. The Morgan fingerprint density at radius 1 is 1.14 bits per heavy atom. The number of halogens is 2. The number of hydrogen-bond donors (Lipinski definition) is 3. The fourth-order valence-corrected chi connectivity index (χ4v) is 3.81. The highest BCUT2D eigenvalue weighted by molar-refractivity contribution is 6.35. The monoisotopic (exact) mass is 516 g/mol. The third-order valence-corrected chi connectivity index (χ3v) is 5.32. The lowest BCUT2D eigenvalue weighted by molar-refractivity contribution is -0.386. The molecule has 2 aromatic carbocycles. The number of fused-ring (bicyclic) bond motifs is 1. The van der Waals surface area contributed by atoms with Gasteiger partial charge in [0.2, 0.25) is 0 Å². The summed E-state index contributed by atoms with van der Waals surface area (Å²) in [5.41, 5.74) is -0.262. The van der Waals surface area contributed by atoms with Crippen molar-refractivity contribution in [1.82, 2.24) is 14.5 Å². The van der Waals surface area contributed by atoms with Gasteiger partial charge in [0.25, 0.3) is 5.97 Å². The number of hydrogen-bond acceptors (Lipinski definition) is 5. The van der Waals surface area contributed by atoms with Gasteiger partial charge in [-0.3, -0.25) is 24.7 Å². The number of aliphatic carboxylic acids is 1. The van der Waals surface area contributed by atoms with Crippen LogP contribution in [0.15, 0.2) is 58.3 Å². The Morgan fingerprint density at radius 3 is 2.49 bits per heavy atom. The first-order valence-corrected chi connectivity index (χ1v) is 10.7. The van der Waals surface area contributed by atoms with E-state index in [2.05, 4.69) is 4.98 Å². The number of carbonyl (C=O) groups is 1. The minimum Gasteiger partial charge on any atom is -0.481 e. The lowest BCUT2D eigenvalue weighted by Gasteiger charge is -2.08. The molecular weight excluding hydrogens is 499 g/mol. The van der Waals surface area contributed by atoms with Gasteiger partial charge in [-0.1, -0.05) is 53.5 Å². The second kappa shape index (κ2) is 10.9. The van der Waals surface area contributed by atoms with Crippen molar-refractivity contribution in [2.24, 2.45) is 0 Å². The Labute approximate surface area is 207 Å². The van der Waals surface area contributed by atoms with Crippen LogP contribution in [-0.4, -0.2) is 30.5 Å². The van der Waals surface area contributed by atoms with Gasteiger partial charge in [-0.15, -0.1) is 0 Å². The molecule has 0 saturated heterocycles. The lowest BCUT2D eigenvalue weighted by Crippen LogP contribution is -2.25. The predicted octanol–water partition coefficient (Wildman–Crippen LogP) is 4.54. The number of nitro groups is 1. The zero-order valence-electron chi connectivity index (χ0n) is 18.1. The Morgan fingerprint density at radius 2 is 1.83 bits per heavy atom. The number of carboxylic acids is 1. The minimum absolute atomic E-state index is 0.184. The molecule has 180 valence electrons. The van der Waals surface area contributed by atoms with Gasteiger partial charge in [0.05, 0.1) is 4.92 Å². The van der Waals surface area contributed by atoms with E-state index in [-0.39, 0.29) is 5.69 Å². The Hall–Kier alpha value is -4.15.